The predicted octanol–water partition coefficient (Wildman–Crippen LogP) is 3.35. The van der Waals surface area contributed by atoms with Gasteiger partial charge in [0.05, 0.1) is 19.2 Å². The first-order chi connectivity index (χ1) is 9.86. The van der Waals surface area contributed by atoms with Gasteiger partial charge in [0.2, 0.25) is 0 Å². The van der Waals surface area contributed by atoms with E-state index in [1.54, 1.807) is 19.4 Å². The van der Waals surface area contributed by atoms with Gasteiger partial charge in [-0.2, -0.15) is 0 Å². The summed E-state index contributed by atoms with van der Waals surface area (Å²) in [6.07, 6.45) is 2.80. The van der Waals surface area contributed by atoms with Gasteiger partial charge in [0.1, 0.15) is 0 Å². The summed E-state index contributed by atoms with van der Waals surface area (Å²) in [4.78, 5) is 14.9. The van der Waals surface area contributed by atoms with E-state index in [2.05, 4.69) is 25.8 Å². The van der Waals surface area contributed by atoms with Crippen LogP contribution in [0, 0.1) is 10.8 Å². The second kappa shape index (κ2) is 4.52. The Kier molecular flexibility index (Phi) is 3.01. The third-order valence-corrected chi connectivity index (χ3v) is 4.93. The molecule has 1 aliphatic carbocycles. The maximum absolute atomic E-state index is 11.9. The van der Waals surface area contributed by atoms with Crippen LogP contribution >= 0.6 is 0 Å². The fraction of sp³-hybridized carbons (Fsp3) is 0.471. The molecule has 112 valence electrons. The van der Waals surface area contributed by atoms with Crippen LogP contribution in [0.15, 0.2) is 29.2 Å². The molecule has 1 saturated carbocycles. The number of methoxy groups -OCH3 is 1. The van der Waals surface area contributed by atoms with Crippen LogP contribution in [0.1, 0.15) is 27.2 Å². The molecule has 1 aromatic heterocycles. The van der Waals surface area contributed by atoms with Crippen LogP contribution in [0.3, 0.4) is 0 Å². The van der Waals surface area contributed by atoms with Crippen molar-refractivity contribution in [2.24, 2.45) is 10.8 Å². The quantitative estimate of drug-likeness (QED) is 0.938. The highest BCUT2D eigenvalue weighted by Gasteiger charge is 2.57. The van der Waals surface area contributed by atoms with E-state index in [9.17, 15) is 4.79 Å². The number of H-pyrrole nitrogens is 1. The summed E-state index contributed by atoms with van der Waals surface area (Å²) in [6, 6.07) is 5.09. The number of hydrogen-bond acceptors (Lipinski definition) is 3. The SMILES string of the molecule is COc1cc2c(=O)cc[nH]c2cc1OCC1(C)CC1(C)C. The van der Waals surface area contributed by atoms with E-state index < -0.39 is 0 Å². The molecule has 1 aromatic carbocycles. The second-order valence-corrected chi connectivity index (χ2v) is 6.80. The van der Waals surface area contributed by atoms with Crippen LogP contribution in [-0.4, -0.2) is 18.7 Å². The van der Waals surface area contributed by atoms with Crippen molar-refractivity contribution in [3.63, 3.8) is 0 Å². The van der Waals surface area contributed by atoms with E-state index in [-0.39, 0.29) is 10.8 Å². The van der Waals surface area contributed by atoms with Crippen molar-refractivity contribution in [2.45, 2.75) is 27.2 Å². The largest absolute Gasteiger partial charge is 0.493 e. The van der Waals surface area contributed by atoms with Crippen LogP contribution in [0.5, 0.6) is 11.5 Å². The Hall–Kier alpha value is -1.97. The highest BCUT2D eigenvalue weighted by Crippen LogP contribution is 2.63. The number of nitrogens with one attached hydrogen (secondary N) is 1. The molecule has 0 radical (unpaired) electrons. The van der Waals surface area contributed by atoms with Gasteiger partial charge in [0, 0.05) is 29.1 Å². The topological polar surface area (TPSA) is 51.3 Å². The van der Waals surface area contributed by atoms with Crippen molar-refractivity contribution >= 4 is 10.9 Å². The van der Waals surface area contributed by atoms with Gasteiger partial charge in [-0.15, -0.1) is 0 Å². The van der Waals surface area contributed by atoms with Gasteiger partial charge in [-0.3, -0.25) is 4.79 Å². The lowest BCUT2D eigenvalue weighted by Crippen LogP contribution is -2.15. The van der Waals surface area contributed by atoms with Crippen molar-refractivity contribution in [1.82, 2.24) is 4.98 Å². The Bertz CT molecular complexity index is 747. The molecule has 2 aromatic rings. The Morgan fingerprint density at radius 1 is 1.24 bits per heavy atom. The monoisotopic (exact) mass is 287 g/mol. The highest BCUT2D eigenvalue weighted by molar-refractivity contribution is 5.82. The number of hydrogen-bond donors (Lipinski definition) is 1. The van der Waals surface area contributed by atoms with Gasteiger partial charge in [-0.1, -0.05) is 20.8 Å². The minimum atomic E-state index is -0.0242. The fourth-order valence-electron chi connectivity index (χ4n) is 2.87. The van der Waals surface area contributed by atoms with E-state index in [0.717, 1.165) is 11.9 Å². The van der Waals surface area contributed by atoms with E-state index in [4.69, 9.17) is 9.47 Å². The summed E-state index contributed by atoms with van der Waals surface area (Å²) >= 11 is 0. The van der Waals surface area contributed by atoms with Gasteiger partial charge < -0.3 is 14.5 Å². The summed E-state index contributed by atoms with van der Waals surface area (Å²) < 4.78 is 11.4. The van der Waals surface area contributed by atoms with Crippen LogP contribution < -0.4 is 14.9 Å². The number of ether oxygens (including phenoxy) is 2. The molecule has 0 spiro atoms. The molecule has 1 aliphatic rings. The molecule has 0 amide bonds. The summed E-state index contributed by atoms with van der Waals surface area (Å²) in [7, 11) is 1.59. The van der Waals surface area contributed by atoms with Crippen LogP contribution in [-0.2, 0) is 0 Å². The number of rotatable bonds is 4. The molecule has 1 heterocycles. The van der Waals surface area contributed by atoms with Gasteiger partial charge in [-0.25, -0.2) is 0 Å². The zero-order valence-corrected chi connectivity index (χ0v) is 12.9. The smallest absolute Gasteiger partial charge is 0.189 e. The Morgan fingerprint density at radius 2 is 1.95 bits per heavy atom. The van der Waals surface area contributed by atoms with E-state index in [1.165, 1.54) is 6.07 Å². The lowest BCUT2D eigenvalue weighted by Gasteiger charge is -2.18. The normalized spacial score (nSPS) is 23.0. The molecule has 0 bridgehead atoms. The van der Waals surface area contributed by atoms with Crippen molar-refractivity contribution in [2.75, 3.05) is 13.7 Å². The molecule has 1 N–H and O–H groups in total. The average molecular weight is 287 g/mol. The molecule has 1 unspecified atom stereocenters. The summed E-state index contributed by atoms with van der Waals surface area (Å²) in [5.74, 6) is 1.28. The number of fused-ring (bicyclic) bond motifs is 1. The molecule has 4 nitrogen and oxygen atoms in total. The standard InChI is InChI=1S/C17H21NO3/c1-16(2)9-17(16,3)10-21-15-8-12-11(7-14(15)20-4)13(19)5-6-18-12/h5-8H,9-10H2,1-4H3,(H,18,19). The number of benzene rings is 1. The van der Waals surface area contributed by atoms with Crippen molar-refractivity contribution < 1.29 is 9.47 Å². The van der Waals surface area contributed by atoms with Crippen molar-refractivity contribution in [3.05, 3.63) is 34.6 Å². The van der Waals surface area contributed by atoms with Gasteiger partial charge in [0.15, 0.2) is 16.9 Å². The summed E-state index contributed by atoms with van der Waals surface area (Å²) in [5.41, 5.74) is 1.27. The molecule has 21 heavy (non-hydrogen) atoms. The van der Waals surface area contributed by atoms with E-state index in [0.29, 0.717) is 28.9 Å². The molecule has 1 fully saturated rings. The fourth-order valence-corrected chi connectivity index (χ4v) is 2.87. The Morgan fingerprint density at radius 3 is 2.57 bits per heavy atom. The van der Waals surface area contributed by atoms with E-state index in [1.807, 2.05) is 6.07 Å². The minimum absolute atomic E-state index is 0.0242. The molecule has 1 atom stereocenters. The average Bonchev–Trinajstić information content (AvgIpc) is 2.95. The zero-order valence-electron chi connectivity index (χ0n) is 12.9. The predicted molar refractivity (Wildman–Crippen MR) is 83.1 cm³/mol. The van der Waals surface area contributed by atoms with E-state index >= 15 is 0 Å². The Labute approximate surface area is 124 Å². The van der Waals surface area contributed by atoms with Gasteiger partial charge in [-0.05, 0) is 17.9 Å². The summed E-state index contributed by atoms with van der Waals surface area (Å²) in [5, 5.41) is 0.611. The first-order valence-corrected chi connectivity index (χ1v) is 7.19. The van der Waals surface area contributed by atoms with Crippen molar-refractivity contribution in [3.8, 4) is 11.5 Å². The van der Waals surface area contributed by atoms with Gasteiger partial charge >= 0.3 is 0 Å². The first-order valence-electron chi connectivity index (χ1n) is 7.19. The number of pyridine rings is 1. The second-order valence-electron chi connectivity index (χ2n) is 6.80. The molecular formula is C17H21NO3. The van der Waals surface area contributed by atoms with Crippen LogP contribution in [0.25, 0.3) is 10.9 Å². The van der Waals surface area contributed by atoms with Gasteiger partial charge in [0.25, 0.3) is 0 Å². The number of aromatic nitrogens is 1. The third-order valence-electron chi connectivity index (χ3n) is 4.93. The molecule has 0 saturated heterocycles. The lowest BCUT2D eigenvalue weighted by atomic mass is 9.99. The van der Waals surface area contributed by atoms with Crippen LogP contribution in [0.4, 0.5) is 0 Å². The number of aromatic amines is 1. The van der Waals surface area contributed by atoms with Crippen molar-refractivity contribution in [1.29, 1.82) is 0 Å². The lowest BCUT2D eigenvalue weighted by molar-refractivity contribution is 0.208. The molecule has 0 aliphatic heterocycles. The maximum Gasteiger partial charge on any atom is 0.189 e. The summed E-state index contributed by atoms with van der Waals surface area (Å²) in [6.45, 7) is 7.40. The Balaban J connectivity index is 1.93. The molecular weight excluding hydrogens is 266 g/mol. The third kappa shape index (κ3) is 2.28. The molecule has 3 rings (SSSR count). The van der Waals surface area contributed by atoms with Crippen LogP contribution in [0.2, 0.25) is 0 Å². The highest BCUT2D eigenvalue weighted by atomic mass is 16.5. The zero-order chi connectivity index (χ0) is 15.3. The first kappa shape index (κ1) is 14.0. The maximum atomic E-state index is 11.9. The minimum Gasteiger partial charge on any atom is -0.493 e. The molecule has 4 heteroatoms.